The summed E-state index contributed by atoms with van der Waals surface area (Å²) in [6.45, 7) is 3.51. The van der Waals surface area contributed by atoms with Crippen LogP contribution in [0.25, 0.3) is 0 Å². The van der Waals surface area contributed by atoms with E-state index in [4.69, 9.17) is 14.6 Å². The van der Waals surface area contributed by atoms with Crippen molar-refractivity contribution in [2.24, 2.45) is 0 Å². The Balaban J connectivity index is 1.92. The molecule has 1 aromatic carbocycles. The summed E-state index contributed by atoms with van der Waals surface area (Å²) in [6.07, 6.45) is 0.966. The molecule has 0 aromatic heterocycles. The molecular formula is C14H19NO4. The number of anilines is 1. The van der Waals surface area contributed by atoms with Crippen LogP contribution in [0.1, 0.15) is 15.9 Å². The van der Waals surface area contributed by atoms with Gasteiger partial charge in [-0.2, -0.15) is 0 Å². The minimum atomic E-state index is -0.883. The van der Waals surface area contributed by atoms with E-state index in [-0.39, 0.29) is 0 Å². The third-order valence-electron chi connectivity index (χ3n) is 3.26. The van der Waals surface area contributed by atoms with Crippen molar-refractivity contribution in [3.05, 3.63) is 29.3 Å². The van der Waals surface area contributed by atoms with Gasteiger partial charge in [-0.25, -0.2) is 4.79 Å². The van der Waals surface area contributed by atoms with Crippen molar-refractivity contribution in [2.75, 3.05) is 44.9 Å². The molecule has 2 rings (SSSR count). The number of fused-ring (bicyclic) bond motifs is 1. The molecule has 0 radical (unpaired) electrons. The molecule has 0 saturated carbocycles. The van der Waals surface area contributed by atoms with Crippen LogP contribution >= 0.6 is 0 Å². The Morgan fingerprint density at radius 1 is 1.37 bits per heavy atom. The predicted molar refractivity (Wildman–Crippen MR) is 72.0 cm³/mol. The molecule has 0 fully saturated rings. The van der Waals surface area contributed by atoms with Gasteiger partial charge in [-0.05, 0) is 24.1 Å². The number of benzene rings is 1. The topological polar surface area (TPSA) is 59.0 Å². The van der Waals surface area contributed by atoms with Crippen LogP contribution in [-0.4, -0.2) is 51.1 Å². The molecule has 1 aliphatic heterocycles. The highest BCUT2D eigenvalue weighted by Crippen LogP contribution is 2.28. The third-order valence-corrected chi connectivity index (χ3v) is 3.26. The number of aromatic carboxylic acids is 1. The second-order valence-electron chi connectivity index (χ2n) is 4.49. The molecule has 0 atom stereocenters. The lowest BCUT2D eigenvalue weighted by molar-refractivity contribution is 0.0697. The first-order valence-electron chi connectivity index (χ1n) is 6.40. The number of nitrogens with zero attached hydrogens (tertiary/aromatic N) is 1. The summed E-state index contributed by atoms with van der Waals surface area (Å²) in [7, 11) is 1.65. The summed E-state index contributed by atoms with van der Waals surface area (Å²) in [6, 6.07) is 5.32. The Morgan fingerprint density at radius 3 is 2.95 bits per heavy atom. The van der Waals surface area contributed by atoms with E-state index < -0.39 is 5.97 Å². The SMILES string of the molecule is COCCOCCN1CCc2ccc(C(=O)O)cc21. The molecule has 0 amide bonds. The summed E-state index contributed by atoms with van der Waals surface area (Å²) in [5.41, 5.74) is 2.57. The fourth-order valence-corrected chi connectivity index (χ4v) is 2.23. The van der Waals surface area contributed by atoms with Gasteiger partial charge in [0.05, 0.1) is 25.4 Å². The molecular weight excluding hydrogens is 246 g/mol. The van der Waals surface area contributed by atoms with Crippen LogP contribution in [0, 0.1) is 0 Å². The lowest BCUT2D eigenvalue weighted by Crippen LogP contribution is -2.25. The van der Waals surface area contributed by atoms with Crippen LogP contribution in [0.5, 0.6) is 0 Å². The van der Waals surface area contributed by atoms with Crippen molar-refractivity contribution in [1.29, 1.82) is 0 Å². The number of hydrogen-bond acceptors (Lipinski definition) is 4. The first-order chi connectivity index (χ1) is 9.22. The van der Waals surface area contributed by atoms with Crippen LogP contribution in [0.2, 0.25) is 0 Å². The maximum Gasteiger partial charge on any atom is 0.335 e. The first-order valence-corrected chi connectivity index (χ1v) is 6.40. The molecule has 0 unspecified atom stereocenters. The molecule has 1 N–H and O–H groups in total. The number of ether oxygens (including phenoxy) is 2. The molecule has 0 aliphatic carbocycles. The zero-order valence-corrected chi connectivity index (χ0v) is 11.1. The molecule has 5 nitrogen and oxygen atoms in total. The first kappa shape index (κ1) is 13.8. The van der Waals surface area contributed by atoms with Crippen molar-refractivity contribution in [3.63, 3.8) is 0 Å². The summed E-state index contributed by atoms with van der Waals surface area (Å²) < 4.78 is 10.4. The van der Waals surface area contributed by atoms with Crippen LogP contribution in [0.3, 0.4) is 0 Å². The van der Waals surface area contributed by atoms with Crippen molar-refractivity contribution >= 4 is 11.7 Å². The van der Waals surface area contributed by atoms with Gasteiger partial charge in [0.1, 0.15) is 0 Å². The van der Waals surface area contributed by atoms with E-state index in [1.54, 1.807) is 19.2 Å². The Bertz CT molecular complexity index is 447. The van der Waals surface area contributed by atoms with Crippen molar-refractivity contribution in [1.82, 2.24) is 0 Å². The van der Waals surface area contributed by atoms with Gasteiger partial charge in [-0.1, -0.05) is 6.07 Å². The summed E-state index contributed by atoms with van der Waals surface area (Å²) >= 11 is 0. The Hall–Kier alpha value is -1.59. The van der Waals surface area contributed by atoms with E-state index in [1.807, 2.05) is 6.07 Å². The van der Waals surface area contributed by atoms with Crippen LogP contribution in [-0.2, 0) is 15.9 Å². The third kappa shape index (κ3) is 3.45. The van der Waals surface area contributed by atoms with Gasteiger partial charge in [0.25, 0.3) is 0 Å². The zero-order chi connectivity index (χ0) is 13.7. The maximum absolute atomic E-state index is 11.0. The van der Waals surface area contributed by atoms with Crippen LogP contribution < -0.4 is 4.90 Å². The highest BCUT2D eigenvalue weighted by Gasteiger charge is 2.20. The fourth-order valence-electron chi connectivity index (χ4n) is 2.23. The van der Waals surface area contributed by atoms with E-state index in [2.05, 4.69) is 4.90 Å². The number of carbonyl (C=O) groups is 1. The number of methoxy groups -OCH3 is 1. The number of hydrogen-bond donors (Lipinski definition) is 1. The smallest absolute Gasteiger partial charge is 0.335 e. The average molecular weight is 265 g/mol. The number of carboxylic acid groups (broad SMARTS) is 1. The molecule has 1 heterocycles. The number of rotatable bonds is 7. The van der Waals surface area contributed by atoms with Crippen LogP contribution in [0.4, 0.5) is 5.69 Å². The molecule has 19 heavy (non-hydrogen) atoms. The highest BCUT2D eigenvalue weighted by atomic mass is 16.5. The van der Waals surface area contributed by atoms with Gasteiger partial charge in [0, 0.05) is 25.9 Å². The number of carboxylic acids is 1. The monoisotopic (exact) mass is 265 g/mol. The van der Waals surface area contributed by atoms with Gasteiger partial charge in [0.2, 0.25) is 0 Å². The molecule has 0 saturated heterocycles. The molecule has 0 spiro atoms. The molecule has 104 valence electrons. The quantitative estimate of drug-likeness (QED) is 0.755. The fraction of sp³-hybridized carbons (Fsp3) is 0.500. The zero-order valence-electron chi connectivity index (χ0n) is 11.1. The standard InChI is InChI=1S/C14H19NO4/c1-18-8-9-19-7-6-15-5-4-11-2-3-12(14(16)17)10-13(11)15/h2-3,10H,4-9H2,1H3,(H,16,17). The van der Waals surface area contributed by atoms with E-state index in [0.29, 0.717) is 25.4 Å². The Kier molecular flexibility index (Phi) is 4.76. The van der Waals surface area contributed by atoms with E-state index in [1.165, 1.54) is 5.56 Å². The average Bonchev–Trinajstić information content (AvgIpc) is 2.81. The van der Waals surface area contributed by atoms with Gasteiger partial charge < -0.3 is 19.5 Å². The summed E-state index contributed by atoms with van der Waals surface area (Å²) in [4.78, 5) is 13.2. The second kappa shape index (κ2) is 6.54. The maximum atomic E-state index is 11.0. The minimum Gasteiger partial charge on any atom is -0.478 e. The van der Waals surface area contributed by atoms with Gasteiger partial charge in [-0.15, -0.1) is 0 Å². The van der Waals surface area contributed by atoms with Crippen molar-refractivity contribution in [3.8, 4) is 0 Å². The van der Waals surface area contributed by atoms with Crippen molar-refractivity contribution < 1.29 is 19.4 Å². The molecule has 1 aliphatic rings. The summed E-state index contributed by atoms with van der Waals surface area (Å²) in [5.74, 6) is -0.883. The Morgan fingerprint density at radius 2 is 2.21 bits per heavy atom. The van der Waals surface area contributed by atoms with Gasteiger partial charge >= 0.3 is 5.97 Å². The predicted octanol–water partition coefficient (Wildman–Crippen LogP) is 1.41. The van der Waals surface area contributed by atoms with Crippen molar-refractivity contribution in [2.45, 2.75) is 6.42 Å². The minimum absolute atomic E-state index is 0.339. The second-order valence-corrected chi connectivity index (χ2v) is 4.49. The lowest BCUT2D eigenvalue weighted by atomic mass is 10.1. The Labute approximate surface area is 112 Å². The van der Waals surface area contributed by atoms with Crippen LogP contribution in [0.15, 0.2) is 18.2 Å². The van der Waals surface area contributed by atoms with E-state index in [0.717, 1.165) is 25.2 Å². The van der Waals surface area contributed by atoms with E-state index >= 15 is 0 Å². The molecule has 5 heteroatoms. The lowest BCUT2D eigenvalue weighted by Gasteiger charge is -2.19. The normalized spacial score (nSPS) is 13.6. The molecule has 0 bridgehead atoms. The summed E-state index contributed by atoms with van der Waals surface area (Å²) in [5, 5.41) is 9.02. The molecule has 1 aromatic rings. The largest absolute Gasteiger partial charge is 0.478 e. The van der Waals surface area contributed by atoms with E-state index in [9.17, 15) is 4.79 Å². The van der Waals surface area contributed by atoms with Gasteiger partial charge in [0.15, 0.2) is 0 Å². The highest BCUT2D eigenvalue weighted by molar-refractivity contribution is 5.89. The van der Waals surface area contributed by atoms with Gasteiger partial charge in [-0.3, -0.25) is 0 Å².